The van der Waals surface area contributed by atoms with E-state index in [-0.39, 0.29) is 18.0 Å². The van der Waals surface area contributed by atoms with Crippen LogP contribution in [0.2, 0.25) is 0 Å². The Morgan fingerprint density at radius 3 is 2.21 bits per heavy atom. The van der Waals surface area contributed by atoms with Crippen LogP contribution in [0.15, 0.2) is 0 Å². The van der Waals surface area contributed by atoms with E-state index in [9.17, 15) is 9.59 Å². The first kappa shape index (κ1) is 10.8. The van der Waals surface area contributed by atoms with Crippen molar-refractivity contribution in [2.45, 2.75) is 31.7 Å². The third-order valence-electron chi connectivity index (χ3n) is 2.64. The fraction of sp³-hybridized carbons (Fsp3) is 0.778. The molecular weight excluding hydrogens is 184 g/mol. The van der Waals surface area contributed by atoms with Crippen LogP contribution in [0.4, 0.5) is 4.79 Å². The summed E-state index contributed by atoms with van der Waals surface area (Å²) in [5.74, 6) is -0.943. The van der Waals surface area contributed by atoms with Crippen molar-refractivity contribution < 1.29 is 14.7 Å². The maximum atomic E-state index is 11.0. The van der Waals surface area contributed by atoms with Gasteiger partial charge < -0.3 is 15.7 Å². The Kier molecular flexibility index (Phi) is 3.73. The number of hydrogen-bond donors (Lipinski definition) is 3. The van der Waals surface area contributed by atoms with Gasteiger partial charge in [-0.2, -0.15) is 0 Å². The summed E-state index contributed by atoms with van der Waals surface area (Å²) < 4.78 is 0. The summed E-state index contributed by atoms with van der Waals surface area (Å²) in [5.41, 5.74) is 0. The summed E-state index contributed by atoms with van der Waals surface area (Å²) in [6.07, 6.45) is 2.82. The lowest BCUT2D eigenvalue weighted by Gasteiger charge is -2.26. The first-order valence-corrected chi connectivity index (χ1v) is 4.84. The summed E-state index contributed by atoms with van der Waals surface area (Å²) in [4.78, 5) is 21.6. The maximum absolute atomic E-state index is 11.0. The molecule has 0 radical (unpaired) electrons. The molecule has 3 N–H and O–H groups in total. The molecule has 0 aliphatic heterocycles. The molecule has 0 spiro atoms. The first-order chi connectivity index (χ1) is 6.63. The summed E-state index contributed by atoms with van der Waals surface area (Å²) >= 11 is 0. The molecular formula is C9H16N2O3. The number of urea groups is 1. The summed E-state index contributed by atoms with van der Waals surface area (Å²) in [7, 11) is 1.57. The van der Waals surface area contributed by atoms with Gasteiger partial charge in [0.1, 0.15) is 0 Å². The van der Waals surface area contributed by atoms with Gasteiger partial charge in [0.2, 0.25) is 0 Å². The monoisotopic (exact) mass is 200 g/mol. The Bertz CT molecular complexity index is 222. The van der Waals surface area contributed by atoms with Crippen molar-refractivity contribution >= 4 is 12.0 Å². The van der Waals surface area contributed by atoms with Crippen LogP contribution in [0.1, 0.15) is 25.7 Å². The van der Waals surface area contributed by atoms with Crippen molar-refractivity contribution in [3.05, 3.63) is 0 Å². The third-order valence-corrected chi connectivity index (χ3v) is 2.64. The maximum Gasteiger partial charge on any atom is 0.314 e. The lowest BCUT2D eigenvalue weighted by atomic mass is 9.86. The van der Waals surface area contributed by atoms with E-state index in [2.05, 4.69) is 10.6 Å². The second-order valence-electron chi connectivity index (χ2n) is 3.61. The highest BCUT2D eigenvalue weighted by Crippen LogP contribution is 2.24. The van der Waals surface area contributed by atoms with Crippen LogP contribution >= 0.6 is 0 Å². The van der Waals surface area contributed by atoms with Crippen LogP contribution in [0.3, 0.4) is 0 Å². The van der Waals surface area contributed by atoms with Crippen LogP contribution in [0, 0.1) is 5.92 Å². The quantitative estimate of drug-likeness (QED) is 0.609. The standard InChI is InChI=1S/C9H16N2O3/c1-10-9(14)11-7-4-2-6(3-5-7)8(12)13/h6-7H,2-5H2,1H3,(H,12,13)(H2,10,11,14)/t6-,7+. The zero-order valence-corrected chi connectivity index (χ0v) is 8.25. The number of nitrogens with one attached hydrogen (secondary N) is 2. The predicted octanol–water partition coefficient (Wildman–Crippen LogP) is 0.559. The Hall–Kier alpha value is -1.26. The fourth-order valence-electron chi connectivity index (χ4n) is 1.74. The summed E-state index contributed by atoms with van der Waals surface area (Å²) in [6, 6.07) is -0.0608. The zero-order chi connectivity index (χ0) is 10.6. The molecule has 0 aromatic carbocycles. The number of carbonyl (C=O) groups is 2. The Morgan fingerprint density at radius 1 is 1.21 bits per heavy atom. The predicted molar refractivity (Wildman–Crippen MR) is 51.0 cm³/mol. The molecule has 80 valence electrons. The van der Waals surface area contributed by atoms with Crippen molar-refractivity contribution in [3.8, 4) is 0 Å². The molecule has 1 saturated carbocycles. The first-order valence-electron chi connectivity index (χ1n) is 4.84. The minimum Gasteiger partial charge on any atom is -0.481 e. The van der Waals surface area contributed by atoms with Crippen molar-refractivity contribution in [1.82, 2.24) is 10.6 Å². The summed E-state index contributed by atoms with van der Waals surface area (Å²) in [6.45, 7) is 0. The lowest BCUT2D eigenvalue weighted by Crippen LogP contribution is -2.42. The number of carbonyl (C=O) groups excluding carboxylic acids is 1. The van der Waals surface area contributed by atoms with E-state index < -0.39 is 5.97 Å². The van der Waals surface area contributed by atoms with Gasteiger partial charge in [-0.05, 0) is 25.7 Å². The molecule has 5 heteroatoms. The van der Waals surface area contributed by atoms with Crippen molar-refractivity contribution in [3.63, 3.8) is 0 Å². The molecule has 0 bridgehead atoms. The van der Waals surface area contributed by atoms with Crippen molar-refractivity contribution in [2.24, 2.45) is 5.92 Å². The highest BCUT2D eigenvalue weighted by Gasteiger charge is 2.26. The molecule has 2 amide bonds. The highest BCUT2D eigenvalue weighted by atomic mass is 16.4. The summed E-state index contributed by atoms with van der Waals surface area (Å²) in [5, 5.41) is 14.0. The van der Waals surface area contributed by atoms with Crippen LogP contribution in [-0.4, -0.2) is 30.2 Å². The smallest absolute Gasteiger partial charge is 0.314 e. The largest absolute Gasteiger partial charge is 0.481 e. The highest BCUT2D eigenvalue weighted by molar-refractivity contribution is 5.74. The fourth-order valence-corrected chi connectivity index (χ4v) is 1.74. The molecule has 0 saturated heterocycles. The molecule has 5 nitrogen and oxygen atoms in total. The Morgan fingerprint density at radius 2 is 1.79 bits per heavy atom. The number of hydrogen-bond acceptors (Lipinski definition) is 2. The van der Waals surface area contributed by atoms with Gasteiger partial charge in [-0.15, -0.1) is 0 Å². The molecule has 0 unspecified atom stereocenters. The molecule has 14 heavy (non-hydrogen) atoms. The molecule has 0 aromatic rings. The normalized spacial score (nSPS) is 26.6. The van der Waals surface area contributed by atoms with Gasteiger partial charge >= 0.3 is 12.0 Å². The number of carboxylic acid groups (broad SMARTS) is 1. The number of carboxylic acids is 1. The van der Waals surface area contributed by atoms with Gasteiger partial charge in [-0.1, -0.05) is 0 Å². The number of aliphatic carboxylic acids is 1. The van der Waals surface area contributed by atoms with E-state index in [1.54, 1.807) is 7.05 Å². The molecule has 1 aliphatic rings. The van der Waals surface area contributed by atoms with Gasteiger partial charge in [-0.3, -0.25) is 4.79 Å². The lowest BCUT2D eigenvalue weighted by molar-refractivity contribution is -0.142. The zero-order valence-electron chi connectivity index (χ0n) is 8.25. The van der Waals surface area contributed by atoms with Gasteiger partial charge in [0.25, 0.3) is 0 Å². The molecule has 1 rings (SSSR count). The van der Waals surface area contributed by atoms with Crippen LogP contribution < -0.4 is 10.6 Å². The second kappa shape index (κ2) is 4.83. The van der Waals surface area contributed by atoms with Crippen LogP contribution in [-0.2, 0) is 4.79 Å². The van der Waals surface area contributed by atoms with E-state index in [0.29, 0.717) is 12.8 Å². The Labute approximate surface area is 82.9 Å². The third kappa shape index (κ3) is 2.90. The van der Waals surface area contributed by atoms with Gasteiger partial charge in [0.15, 0.2) is 0 Å². The second-order valence-corrected chi connectivity index (χ2v) is 3.61. The molecule has 0 atom stereocenters. The minimum atomic E-state index is -0.719. The van der Waals surface area contributed by atoms with Crippen molar-refractivity contribution in [2.75, 3.05) is 7.05 Å². The van der Waals surface area contributed by atoms with E-state index in [1.165, 1.54) is 0 Å². The molecule has 1 aliphatic carbocycles. The number of rotatable bonds is 2. The Balaban J connectivity index is 2.29. The average molecular weight is 200 g/mol. The van der Waals surface area contributed by atoms with E-state index >= 15 is 0 Å². The topological polar surface area (TPSA) is 78.4 Å². The van der Waals surface area contributed by atoms with E-state index in [0.717, 1.165) is 12.8 Å². The van der Waals surface area contributed by atoms with Crippen LogP contribution in [0.5, 0.6) is 0 Å². The molecule has 1 fully saturated rings. The van der Waals surface area contributed by atoms with E-state index in [4.69, 9.17) is 5.11 Å². The van der Waals surface area contributed by atoms with Gasteiger partial charge in [0, 0.05) is 13.1 Å². The van der Waals surface area contributed by atoms with Crippen LogP contribution in [0.25, 0.3) is 0 Å². The molecule has 0 aromatic heterocycles. The van der Waals surface area contributed by atoms with Gasteiger partial charge in [0.05, 0.1) is 5.92 Å². The number of amides is 2. The SMILES string of the molecule is CNC(=O)N[C@H]1CC[C@@H](C(=O)O)CC1. The molecule has 0 heterocycles. The van der Waals surface area contributed by atoms with E-state index in [1.807, 2.05) is 0 Å². The minimum absolute atomic E-state index is 0.130. The average Bonchev–Trinajstić information content (AvgIpc) is 2.18. The van der Waals surface area contributed by atoms with Crippen molar-refractivity contribution in [1.29, 1.82) is 0 Å². The van der Waals surface area contributed by atoms with Gasteiger partial charge in [-0.25, -0.2) is 4.79 Å².